The number of rotatable bonds is 6. The molecule has 1 aliphatic rings. The molecule has 6 nitrogen and oxygen atoms in total. The monoisotopic (exact) mass is 327 g/mol. The van der Waals surface area contributed by atoms with Gasteiger partial charge in [-0.2, -0.15) is 10.1 Å². The maximum atomic E-state index is 5.45. The molecular weight excluding hydrogens is 302 g/mol. The predicted molar refractivity (Wildman–Crippen MR) is 95.8 cm³/mol. The summed E-state index contributed by atoms with van der Waals surface area (Å²) in [5, 5.41) is 14.8. The zero-order valence-electron chi connectivity index (χ0n) is 14.2. The van der Waals surface area contributed by atoms with Gasteiger partial charge < -0.3 is 15.4 Å². The van der Waals surface area contributed by atoms with Crippen molar-refractivity contribution in [1.29, 1.82) is 0 Å². The fourth-order valence-electron chi connectivity index (χ4n) is 2.98. The summed E-state index contributed by atoms with van der Waals surface area (Å²) in [7, 11) is 0. The average Bonchev–Trinajstić information content (AvgIpc) is 2.86. The number of nitrogens with zero attached hydrogens (tertiary/aromatic N) is 3. The summed E-state index contributed by atoms with van der Waals surface area (Å²) in [5.74, 6) is 2.14. The lowest BCUT2D eigenvalue weighted by Crippen LogP contribution is -2.20. The Morgan fingerprint density at radius 1 is 1.08 bits per heavy atom. The first-order valence-electron chi connectivity index (χ1n) is 8.79. The molecule has 0 aliphatic heterocycles. The van der Waals surface area contributed by atoms with E-state index in [1.807, 2.05) is 31.2 Å². The number of hydrogen-bond acceptors (Lipinski definition) is 6. The highest BCUT2D eigenvalue weighted by molar-refractivity contribution is 5.57. The normalized spacial score (nSPS) is 15.5. The van der Waals surface area contributed by atoms with Crippen LogP contribution < -0.4 is 15.4 Å². The summed E-state index contributed by atoms with van der Waals surface area (Å²) >= 11 is 0. The Bertz CT molecular complexity index is 624. The molecule has 128 valence electrons. The van der Waals surface area contributed by atoms with Crippen molar-refractivity contribution < 1.29 is 4.74 Å². The van der Waals surface area contributed by atoms with Crippen LogP contribution in [0.1, 0.15) is 45.4 Å². The van der Waals surface area contributed by atoms with E-state index in [0.29, 0.717) is 24.4 Å². The average molecular weight is 327 g/mol. The lowest BCUT2D eigenvalue weighted by Gasteiger charge is -2.16. The van der Waals surface area contributed by atoms with Gasteiger partial charge in [0, 0.05) is 11.7 Å². The van der Waals surface area contributed by atoms with E-state index in [-0.39, 0.29) is 0 Å². The second-order valence-corrected chi connectivity index (χ2v) is 6.08. The van der Waals surface area contributed by atoms with Crippen LogP contribution in [0, 0.1) is 0 Å². The van der Waals surface area contributed by atoms with Crippen molar-refractivity contribution in [3.8, 4) is 5.75 Å². The van der Waals surface area contributed by atoms with E-state index in [2.05, 4.69) is 25.8 Å². The second kappa shape index (κ2) is 8.47. The third kappa shape index (κ3) is 4.81. The molecule has 1 saturated carbocycles. The standard InChI is InChI=1S/C18H25N5O/c1-2-24-16-11-9-15(10-12-16)20-17-13-19-23-18(22-17)21-14-7-5-3-4-6-8-14/h9-14H,2-8H2,1H3,(H2,20,21,22,23). The SMILES string of the molecule is CCOc1ccc(Nc2cnnc(NC3CCCCCC3)n2)cc1. The van der Waals surface area contributed by atoms with E-state index >= 15 is 0 Å². The zero-order chi connectivity index (χ0) is 16.6. The predicted octanol–water partition coefficient (Wildman–Crippen LogP) is 4.15. The smallest absolute Gasteiger partial charge is 0.244 e. The third-order valence-electron chi connectivity index (χ3n) is 4.18. The summed E-state index contributed by atoms with van der Waals surface area (Å²) in [6.45, 7) is 2.64. The summed E-state index contributed by atoms with van der Waals surface area (Å²) in [6, 6.07) is 8.25. The molecule has 0 bridgehead atoms. The maximum Gasteiger partial charge on any atom is 0.244 e. The van der Waals surface area contributed by atoms with Crippen molar-refractivity contribution in [2.24, 2.45) is 0 Å². The van der Waals surface area contributed by atoms with E-state index < -0.39 is 0 Å². The van der Waals surface area contributed by atoms with Crippen LogP contribution in [0.15, 0.2) is 30.5 Å². The lowest BCUT2D eigenvalue weighted by molar-refractivity contribution is 0.340. The molecule has 0 spiro atoms. The van der Waals surface area contributed by atoms with E-state index in [1.165, 1.54) is 38.5 Å². The molecule has 1 heterocycles. The molecule has 2 aromatic rings. The summed E-state index contributed by atoms with van der Waals surface area (Å²) in [4.78, 5) is 4.52. The molecule has 0 atom stereocenters. The van der Waals surface area contributed by atoms with Gasteiger partial charge in [-0.3, -0.25) is 0 Å². The highest BCUT2D eigenvalue weighted by Gasteiger charge is 2.13. The molecule has 0 unspecified atom stereocenters. The Labute approximate surface area is 143 Å². The first-order chi connectivity index (χ1) is 11.8. The number of aromatic nitrogens is 3. The topological polar surface area (TPSA) is 72.0 Å². The van der Waals surface area contributed by atoms with Crippen LogP contribution in [0.25, 0.3) is 0 Å². The van der Waals surface area contributed by atoms with Crippen molar-refractivity contribution >= 4 is 17.5 Å². The number of anilines is 3. The van der Waals surface area contributed by atoms with E-state index in [1.54, 1.807) is 6.20 Å². The largest absolute Gasteiger partial charge is 0.494 e. The van der Waals surface area contributed by atoms with Crippen LogP contribution in [-0.2, 0) is 0 Å². The van der Waals surface area contributed by atoms with Crippen molar-refractivity contribution in [2.45, 2.75) is 51.5 Å². The Morgan fingerprint density at radius 3 is 2.54 bits per heavy atom. The van der Waals surface area contributed by atoms with Crippen LogP contribution in [0.2, 0.25) is 0 Å². The van der Waals surface area contributed by atoms with Crippen LogP contribution in [-0.4, -0.2) is 27.8 Å². The first kappa shape index (κ1) is 16.5. The molecule has 1 aliphatic carbocycles. The lowest BCUT2D eigenvalue weighted by atomic mass is 10.1. The Balaban J connectivity index is 1.61. The van der Waals surface area contributed by atoms with E-state index in [4.69, 9.17) is 4.74 Å². The minimum absolute atomic E-state index is 0.454. The number of benzene rings is 1. The highest BCUT2D eigenvalue weighted by Crippen LogP contribution is 2.21. The highest BCUT2D eigenvalue weighted by atomic mass is 16.5. The number of hydrogen-bond donors (Lipinski definition) is 2. The van der Waals surface area contributed by atoms with Crippen molar-refractivity contribution in [2.75, 3.05) is 17.2 Å². The van der Waals surface area contributed by atoms with Crippen LogP contribution in [0.3, 0.4) is 0 Å². The maximum absolute atomic E-state index is 5.45. The van der Waals surface area contributed by atoms with Crippen molar-refractivity contribution in [1.82, 2.24) is 15.2 Å². The second-order valence-electron chi connectivity index (χ2n) is 6.08. The van der Waals surface area contributed by atoms with Gasteiger partial charge in [0.05, 0.1) is 12.8 Å². The first-order valence-corrected chi connectivity index (χ1v) is 8.79. The van der Waals surface area contributed by atoms with Crippen molar-refractivity contribution in [3.63, 3.8) is 0 Å². The van der Waals surface area contributed by atoms with Crippen molar-refractivity contribution in [3.05, 3.63) is 30.5 Å². The molecule has 6 heteroatoms. The number of nitrogens with one attached hydrogen (secondary N) is 2. The van der Waals surface area contributed by atoms with Gasteiger partial charge in [0.25, 0.3) is 0 Å². The van der Waals surface area contributed by atoms with Crippen LogP contribution in [0.4, 0.5) is 17.5 Å². The van der Waals surface area contributed by atoms with Gasteiger partial charge >= 0.3 is 0 Å². The minimum atomic E-state index is 0.454. The fraction of sp³-hybridized carbons (Fsp3) is 0.500. The zero-order valence-corrected chi connectivity index (χ0v) is 14.2. The molecular formula is C18H25N5O. The summed E-state index contributed by atoms with van der Waals surface area (Å²) in [6.07, 6.45) is 9.20. The Hall–Kier alpha value is -2.37. The Morgan fingerprint density at radius 2 is 1.83 bits per heavy atom. The summed E-state index contributed by atoms with van der Waals surface area (Å²) < 4.78 is 5.45. The number of ether oxygens (including phenoxy) is 1. The van der Waals surface area contributed by atoms with E-state index in [9.17, 15) is 0 Å². The molecule has 0 amide bonds. The fourth-order valence-corrected chi connectivity index (χ4v) is 2.98. The van der Waals surface area contributed by atoms with Gasteiger partial charge in [-0.25, -0.2) is 0 Å². The molecule has 3 rings (SSSR count). The van der Waals surface area contributed by atoms with Crippen LogP contribution >= 0.6 is 0 Å². The van der Waals surface area contributed by atoms with Gasteiger partial charge in [0.2, 0.25) is 5.95 Å². The van der Waals surface area contributed by atoms with Crippen LogP contribution in [0.5, 0.6) is 5.75 Å². The summed E-state index contributed by atoms with van der Waals surface area (Å²) in [5.41, 5.74) is 0.944. The molecule has 2 N–H and O–H groups in total. The third-order valence-corrected chi connectivity index (χ3v) is 4.18. The molecule has 24 heavy (non-hydrogen) atoms. The molecule has 0 radical (unpaired) electrons. The van der Waals surface area contributed by atoms with E-state index in [0.717, 1.165) is 11.4 Å². The quantitative estimate of drug-likeness (QED) is 0.777. The van der Waals surface area contributed by atoms with Gasteiger partial charge in [0.15, 0.2) is 5.82 Å². The molecule has 1 fully saturated rings. The molecule has 1 aromatic carbocycles. The van der Waals surface area contributed by atoms with Gasteiger partial charge in [0.1, 0.15) is 5.75 Å². The van der Waals surface area contributed by atoms with Gasteiger partial charge in [-0.1, -0.05) is 25.7 Å². The van der Waals surface area contributed by atoms with Gasteiger partial charge in [-0.05, 0) is 44.0 Å². The van der Waals surface area contributed by atoms with Gasteiger partial charge in [-0.15, -0.1) is 5.10 Å². The molecule has 0 saturated heterocycles. The Kier molecular flexibility index (Phi) is 5.82. The minimum Gasteiger partial charge on any atom is -0.494 e. The molecule has 1 aromatic heterocycles.